The summed E-state index contributed by atoms with van der Waals surface area (Å²) in [4.78, 5) is 14.7. The molecule has 1 saturated heterocycles. The van der Waals surface area contributed by atoms with Crippen LogP contribution < -0.4 is 10.6 Å². The molecule has 0 aliphatic carbocycles. The van der Waals surface area contributed by atoms with Gasteiger partial charge in [0.05, 0.1) is 5.25 Å². The Morgan fingerprint density at radius 1 is 1.21 bits per heavy atom. The molecule has 7 nitrogen and oxygen atoms in total. The first-order chi connectivity index (χ1) is 13.5. The van der Waals surface area contributed by atoms with Gasteiger partial charge < -0.3 is 15.5 Å². The Balaban J connectivity index is 1.59. The van der Waals surface area contributed by atoms with Crippen LogP contribution in [0.4, 0.5) is 0 Å². The lowest BCUT2D eigenvalue weighted by atomic mass is 10.1. The Morgan fingerprint density at radius 3 is 2.61 bits per heavy atom. The zero-order chi connectivity index (χ0) is 20.1. The van der Waals surface area contributed by atoms with Gasteiger partial charge in [-0.1, -0.05) is 42.3 Å². The Hall–Kier alpha value is -2.22. The number of hydrogen-bond acceptors (Lipinski definition) is 6. The van der Waals surface area contributed by atoms with Crippen LogP contribution in [0.1, 0.15) is 49.6 Å². The first-order valence-corrected chi connectivity index (χ1v) is 10.7. The van der Waals surface area contributed by atoms with E-state index in [4.69, 9.17) is 10.6 Å². The summed E-state index contributed by atoms with van der Waals surface area (Å²) < 4.78 is 7.26. The molecule has 1 fully saturated rings. The average molecular weight is 404 g/mol. The van der Waals surface area contributed by atoms with Crippen LogP contribution in [0.3, 0.4) is 0 Å². The first-order valence-electron chi connectivity index (χ1n) is 9.80. The smallest absolute Gasteiger partial charge is 0.235 e. The molecule has 28 heavy (non-hydrogen) atoms. The SMILES string of the molecule is Cc1ccc(OCc2nnc(S[C@H](C)C(=O)N3CCCCCC3)n2N)c(C)c1. The predicted molar refractivity (Wildman–Crippen MR) is 111 cm³/mol. The highest BCUT2D eigenvalue weighted by Gasteiger charge is 2.24. The van der Waals surface area contributed by atoms with Crippen LogP contribution in [0.2, 0.25) is 0 Å². The van der Waals surface area contributed by atoms with E-state index in [0.717, 1.165) is 37.2 Å². The second-order valence-corrected chi connectivity index (χ2v) is 8.63. The lowest BCUT2D eigenvalue weighted by Gasteiger charge is -2.23. The summed E-state index contributed by atoms with van der Waals surface area (Å²) in [5, 5.41) is 8.56. The van der Waals surface area contributed by atoms with Crippen LogP contribution in [0, 0.1) is 13.8 Å². The van der Waals surface area contributed by atoms with Gasteiger partial charge >= 0.3 is 0 Å². The van der Waals surface area contributed by atoms with Gasteiger partial charge in [-0.3, -0.25) is 4.79 Å². The number of aromatic nitrogens is 3. The summed E-state index contributed by atoms with van der Waals surface area (Å²) in [6, 6.07) is 6.02. The number of nitrogens with two attached hydrogens (primary N) is 1. The van der Waals surface area contributed by atoms with Crippen molar-refractivity contribution in [2.75, 3.05) is 18.9 Å². The van der Waals surface area contributed by atoms with Crippen molar-refractivity contribution in [2.45, 2.75) is 63.5 Å². The number of hydrogen-bond donors (Lipinski definition) is 1. The maximum absolute atomic E-state index is 12.7. The number of ether oxygens (including phenoxy) is 1. The maximum atomic E-state index is 12.7. The summed E-state index contributed by atoms with van der Waals surface area (Å²) >= 11 is 1.34. The molecule has 1 aliphatic heterocycles. The molecule has 1 atom stereocenters. The van der Waals surface area contributed by atoms with E-state index >= 15 is 0 Å². The highest BCUT2D eigenvalue weighted by Crippen LogP contribution is 2.24. The number of nitrogens with zero attached hydrogens (tertiary/aromatic N) is 4. The predicted octanol–water partition coefficient (Wildman–Crippen LogP) is 3.07. The molecule has 0 bridgehead atoms. The maximum Gasteiger partial charge on any atom is 0.235 e. The molecule has 0 unspecified atom stereocenters. The zero-order valence-corrected chi connectivity index (χ0v) is 17.7. The summed E-state index contributed by atoms with van der Waals surface area (Å²) in [6.45, 7) is 7.86. The van der Waals surface area contributed by atoms with Crippen molar-refractivity contribution in [3.63, 3.8) is 0 Å². The summed E-state index contributed by atoms with van der Waals surface area (Å²) in [5.41, 5.74) is 2.25. The van der Waals surface area contributed by atoms with E-state index in [1.54, 1.807) is 0 Å². The van der Waals surface area contributed by atoms with Gasteiger partial charge in [-0.2, -0.15) is 0 Å². The number of carbonyl (C=O) groups excluding carboxylic acids is 1. The Morgan fingerprint density at radius 2 is 1.93 bits per heavy atom. The Bertz CT molecular complexity index is 815. The fraction of sp³-hybridized carbons (Fsp3) is 0.550. The van der Waals surface area contributed by atoms with Gasteiger partial charge in [0.1, 0.15) is 12.4 Å². The van der Waals surface area contributed by atoms with Crippen LogP contribution in [-0.2, 0) is 11.4 Å². The molecule has 0 saturated carbocycles. The molecule has 0 radical (unpaired) electrons. The van der Waals surface area contributed by atoms with Crippen molar-refractivity contribution in [1.29, 1.82) is 0 Å². The second kappa shape index (κ2) is 9.32. The van der Waals surface area contributed by atoms with Crippen molar-refractivity contribution in [2.24, 2.45) is 0 Å². The van der Waals surface area contributed by atoms with Crippen LogP contribution >= 0.6 is 11.8 Å². The van der Waals surface area contributed by atoms with Gasteiger partial charge in [-0.15, -0.1) is 10.2 Å². The van der Waals surface area contributed by atoms with E-state index in [2.05, 4.69) is 16.3 Å². The third-order valence-electron chi connectivity index (χ3n) is 4.97. The van der Waals surface area contributed by atoms with Crippen LogP contribution in [0.25, 0.3) is 0 Å². The molecule has 1 aromatic carbocycles. The number of likely N-dealkylation sites (tertiary alicyclic amines) is 1. The molecule has 3 rings (SSSR count). The minimum Gasteiger partial charge on any atom is -0.485 e. The van der Waals surface area contributed by atoms with Gasteiger partial charge in [0.25, 0.3) is 0 Å². The van der Waals surface area contributed by atoms with Gasteiger partial charge in [-0.25, -0.2) is 4.68 Å². The quantitative estimate of drug-likeness (QED) is 0.589. The number of rotatable bonds is 6. The molecular formula is C20H29N5O2S. The largest absolute Gasteiger partial charge is 0.485 e. The topological polar surface area (TPSA) is 86.3 Å². The second-order valence-electron chi connectivity index (χ2n) is 7.33. The number of nitrogen functional groups attached to an aromatic ring is 1. The molecular weight excluding hydrogens is 374 g/mol. The fourth-order valence-corrected chi connectivity index (χ4v) is 4.22. The summed E-state index contributed by atoms with van der Waals surface area (Å²) in [7, 11) is 0. The van der Waals surface area contributed by atoms with Gasteiger partial charge in [-0.05, 0) is 45.2 Å². The van der Waals surface area contributed by atoms with Crippen LogP contribution in [-0.4, -0.2) is 44.0 Å². The van der Waals surface area contributed by atoms with E-state index in [1.807, 2.05) is 37.8 Å². The number of benzene rings is 1. The Labute approximate surface area is 170 Å². The van der Waals surface area contributed by atoms with Crippen LogP contribution in [0.5, 0.6) is 5.75 Å². The molecule has 2 aromatic rings. The minimum absolute atomic E-state index is 0.142. The highest BCUT2D eigenvalue weighted by atomic mass is 32.2. The van der Waals surface area contributed by atoms with Gasteiger partial charge in [0.15, 0.2) is 5.82 Å². The van der Waals surface area contributed by atoms with E-state index in [-0.39, 0.29) is 17.8 Å². The van der Waals surface area contributed by atoms with Crippen molar-refractivity contribution in [3.05, 3.63) is 35.2 Å². The van der Waals surface area contributed by atoms with Crippen molar-refractivity contribution in [3.8, 4) is 5.75 Å². The van der Waals surface area contributed by atoms with E-state index < -0.39 is 0 Å². The van der Waals surface area contributed by atoms with Gasteiger partial charge in [0.2, 0.25) is 11.1 Å². The lowest BCUT2D eigenvalue weighted by molar-refractivity contribution is -0.130. The van der Waals surface area contributed by atoms with E-state index in [9.17, 15) is 4.79 Å². The molecule has 1 aromatic heterocycles. The molecule has 1 aliphatic rings. The molecule has 0 spiro atoms. The third-order valence-corrected chi connectivity index (χ3v) is 6.01. The molecule has 2 heterocycles. The lowest BCUT2D eigenvalue weighted by Crippen LogP contribution is -2.37. The zero-order valence-electron chi connectivity index (χ0n) is 16.9. The molecule has 1 amide bonds. The van der Waals surface area contributed by atoms with E-state index in [0.29, 0.717) is 11.0 Å². The highest BCUT2D eigenvalue weighted by molar-refractivity contribution is 8.00. The minimum atomic E-state index is -0.252. The standard InChI is InChI=1S/C20H29N5O2S/c1-14-8-9-17(15(2)12-14)27-13-18-22-23-20(25(18)21)28-16(3)19(26)24-10-6-4-5-7-11-24/h8-9,12,16H,4-7,10-11,13,21H2,1-3H3/t16-/m1/s1. The number of aryl methyl sites for hydroxylation is 2. The Kier molecular flexibility index (Phi) is 6.83. The van der Waals surface area contributed by atoms with Gasteiger partial charge in [0, 0.05) is 13.1 Å². The monoisotopic (exact) mass is 403 g/mol. The summed E-state index contributed by atoms with van der Waals surface area (Å²) in [6.07, 6.45) is 4.56. The van der Waals surface area contributed by atoms with Crippen molar-refractivity contribution >= 4 is 17.7 Å². The number of amides is 1. The first kappa shape index (κ1) is 20.5. The molecule has 2 N–H and O–H groups in total. The molecule has 152 valence electrons. The van der Waals surface area contributed by atoms with Crippen molar-refractivity contribution < 1.29 is 9.53 Å². The van der Waals surface area contributed by atoms with E-state index in [1.165, 1.54) is 34.8 Å². The number of carbonyl (C=O) groups is 1. The number of thioether (sulfide) groups is 1. The summed E-state index contributed by atoms with van der Waals surface area (Å²) in [5.74, 6) is 7.61. The third kappa shape index (κ3) is 4.98. The average Bonchev–Trinajstić information content (AvgIpc) is 2.88. The molecule has 8 heteroatoms. The van der Waals surface area contributed by atoms with Crippen molar-refractivity contribution in [1.82, 2.24) is 19.8 Å². The fourth-order valence-electron chi connectivity index (χ4n) is 3.35. The normalized spacial score (nSPS) is 15.9. The van der Waals surface area contributed by atoms with Crippen LogP contribution in [0.15, 0.2) is 23.4 Å².